The van der Waals surface area contributed by atoms with Crippen LogP contribution in [0.5, 0.6) is 0 Å². The molecule has 0 spiro atoms. The smallest absolute Gasteiger partial charge is 0.220 e. The zero-order valence-electron chi connectivity index (χ0n) is 8.89. The molecule has 3 heteroatoms. The fourth-order valence-electron chi connectivity index (χ4n) is 1.88. The Morgan fingerprint density at radius 3 is 2.86 bits per heavy atom. The van der Waals surface area contributed by atoms with Gasteiger partial charge in [-0.05, 0) is 31.6 Å². The van der Waals surface area contributed by atoms with E-state index in [9.17, 15) is 4.79 Å². The molecule has 2 nitrogen and oxygen atoms in total. The molecule has 0 bridgehead atoms. The Labute approximate surface area is 91.4 Å². The molecule has 1 aliphatic carbocycles. The van der Waals surface area contributed by atoms with E-state index in [0.29, 0.717) is 17.7 Å². The van der Waals surface area contributed by atoms with Crippen LogP contribution in [0, 0.1) is 5.92 Å². The number of rotatable bonds is 5. The monoisotopic (exact) mass is 217 g/mol. The van der Waals surface area contributed by atoms with Crippen LogP contribution in [0.2, 0.25) is 0 Å². The first-order valence-corrected chi connectivity index (χ1v) is 6.06. The molecule has 0 saturated heterocycles. The molecular weight excluding hydrogens is 198 g/mol. The van der Waals surface area contributed by atoms with Crippen LogP contribution in [0.3, 0.4) is 0 Å². The van der Waals surface area contributed by atoms with E-state index in [0.717, 1.165) is 32.2 Å². The lowest BCUT2D eigenvalue weighted by Crippen LogP contribution is -2.28. The Kier molecular flexibility index (Phi) is 5.31. The summed E-state index contributed by atoms with van der Waals surface area (Å²) in [6, 6.07) is 0. The number of carbonyl (C=O) groups excluding carboxylic acids is 1. The summed E-state index contributed by atoms with van der Waals surface area (Å²) in [7, 11) is 0. The summed E-state index contributed by atoms with van der Waals surface area (Å²) in [5.74, 6) is 0.813. The van der Waals surface area contributed by atoms with E-state index in [-0.39, 0.29) is 5.91 Å². The highest BCUT2D eigenvalue weighted by molar-refractivity contribution is 6.20. The summed E-state index contributed by atoms with van der Waals surface area (Å²) in [6.07, 6.45) is 6.09. The van der Waals surface area contributed by atoms with Crippen LogP contribution < -0.4 is 5.32 Å². The molecule has 1 rings (SSSR count). The van der Waals surface area contributed by atoms with Gasteiger partial charge in [-0.15, -0.1) is 11.6 Å². The Morgan fingerprint density at radius 2 is 2.29 bits per heavy atom. The molecule has 1 N–H and O–H groups in total. The lowest BCUT2D eigenvalue weighted by atomic mass is 10.1. The second-order valence-corrected chi connectivity index (χ2v) is 4.80. The van der Waals surface area contributed by atoms with Crippen molar-refractivity contribution < 1.29 is 4.79 Å². The molecule has 0 heterocycles. The van der Waals surface area contributed by atoms with Crippen molar-refractivity contribution in [3.8, 4) is 0 Å². The maximum Gasteiger partial charge on any atom is 0.220 e. The third-order valence-corrected chi connectivity index (χ3v) is 3.22. The van der Waals surface area contributed by atoms with Gasteiger partial charge in [-0.1, -0.05) is 13.3 Å². The van der Waals surface area contributed by atoms with Crippen molar-refractivity contribution >= 4 is 17.5 Å². The Hall–Kier alpha value is -0.240. The summed E-state index contributed by atoms with van der Waals surface area (Å²) in [5, 5.41) is 3.32. The Balaban J connectivity index is 2.05. The highest BCUT2D eigenvalue weighted by Crippen LogP contribution is 2.28. The van der Waals surface area contributed by atoms with Crippen molar-refractivity contribution in [1.29, 1.82) is 0 Å². The fraction of sp³-hybridized carbons (Fsp3) is 0.909. The second kappa shape index (κ2) is 6.28. The van der Waals surface area contributed by atoms with Crippen molar-refractivity contribution in [2.24, 2.45) is 5.92 Å². The molecule has 0 aromatic carbocycles. The van der Waals surface area contributed by atoms with Crippen molar-refractivity contribution in [2.75, 3.05) is 6.54 Å². The maximum absolute atomic E-state index is 11.3. The molecule has 0 aliphatic heterocycles. The molecule has 0 aromatic heterocycles. The van der Waals surface area contributed by atoms with Crippen molar-refractivity contribution in [2.45, 2.75) is 50.8 Å². The molecule has 1 saturated carbocycles. The fourth-order valence-corrected chi connectivity index (χ4v) is 2.26. The summed E-state index contributed by atoms with van der Waals surface area (Å²) in [5.41, 5.74) is 0. The van der Waals surface area contributed by atoms with E-state index < -0.39 is 0 Å². The second-order valence-electron chi connectivity index (χ2n) is 4.18. The normalized spacial score (nSPS) is 26.4. The minimum atomic E-state index is 0.199. The Morgan fingerprint density at radius 1 is 1.50 bits per heavy atom. The van der Waals surface area contributed by atoms with Gasteiger partial charge >= 0.3 is 0 Å². The van der Waals surface area contributed by atoms with Crippen LogP contribution in [0.15, 0.2) is 0 Å². The lowest BCUT2D eigenvalue weighted by molar-refractivity contribution is -0.121. The van der Waals surface area contributed by atoms with Gasteiger partial charge in [0.15, 0.2) is 0 Å². The van der Waals surface area contributed by atoms with E-state index in [1.807, 2.05) is 0 Å². The third kappa shape index (κ3) is 4.32. The van der Waals surface area contributed by atoms with E-state index in [4.69, 9.17) is 11.6 Å². The van der Waals surface area contributed by atoms with E-state index >= 15 is 0 Å². The van der Waals surface area contributed by atoms with Crippen LogP contribution in [0.25, 0.3) is 0 Å². The van der Waals surface area contributed by atoms with Crippen molar-refractivity contribution in [1.82, 2.24) is 5.32 Å². The van der Waals surface area contributed by atoms with Gasteiger partial charge in [0.1, 0.15) is 0 Å². The number of hydrogen-bond acceptors (Lipinski definition) is 1. The van der Waals surface area contributed by atoms with Gasteiger partial charge in [0, 0.05) is 18.3 Å². The lowest BCUT2D eigenvalue weighted by Gasteiger charge is -2.10. The molecule has 2 atom stereocenters. The van der Waals surface area contributed by atoms with Gasteiger partial charge in [0.2, 0.25) is 5.91 Å². The topological polar surface area (TPSA) is 29.1 Å². The molecule has 0 radical (unpaired) electrons. The number of amides is 1. The van der Waals surface area contributed by atoms with Crippen molar-refractivity contribution in [3.05, 3.63) is 0 Å². The van der Waals surface area contributed by atoms with E-state index in [1.165, 1.54) is 6.42 Å². The zero-order valence-corrected chi connectivity index (χ0v) is 9.65. The average molecular weight is 218 g/mol. The van der Waals surface area contributed by atoms with Gasteiger partial charge in [-0.2, -0.15) is 0 Å². The van der Waals surface area contributed by atoms with Gasteiger partial charge < -0.3 is 5.32 Å². The Bertz CT molecular complexity index is 184. The van der Waals surface area contributed by atoms with Crippen LogP contribution in [0.4, 0.5) is 0 Å². The average Bonchev–Trinajstić information content (AvgIpc) is 2.58. The number of alkyl halides is 1. The number of halogens is 1. The van der Waals surface area contributed by atoms with Crippen LogP contribution in [-0.4, -0.2) is 17.8 Å². The maximum atomic E-state index is 11.3. The van der Waals surface area contributed by atoms with Crippen LogP contribution in [0.1, 0.15) is 45.4 Å². The molecule has 1 fully saturated rings. The van der Waals surface area contributed by atoms with Crippen LogP contribution in [-0.2, 0) is 4.79 Å². The highest BCUT2D eigenvalue weighted by atomic mass is 35.5. The quantitative estimate of drug-likeness (QED) is 0.705. The highest BCUT2D eigenvalue weighted by Gasteiger charge is 2.22. The predicted molar refractivity (Wildman–Crippen MR) is 59.5 cm³/mol. The summed E-state index contributed by atoms with van der Waals surface area (Å²) >= 11 is 5.99. The molecule has 82 valence electrons. The summed E-state index contributed by atoms with van der Waals surface area (Å²) < 4.78 is 0. The molecule has 0 aromatic rings. The molecule has 1 aliphatic rings. The molecule has 2 unspecified atom stereocenters. The number of carbonyl (C=O) groups is 1. The minimum absolute atomic E-state index is 0.199. The first kappa shape index (κ1) is 11.8. The van der Waals surface area contributed by atoms with Crippen LogP contribution >= 0.6 is 11.6 Å². The summed E-state index contributed by atoms with van der Waals surface area (Å²) in [4.78, 5) is 11.3. The molecular formula is C11H20ClNO. The zero-order chi connectivity index (χ0) is 10.4. The molecule has 14 heavy (non-hydrogen) atoms. The predicted octanol–water partition coefficient (Wildman–Crippen LogP) is 2.70. The van der Waals surface area contributed by atoms with E-state index in [1.54, 1.807) is 0 Å². The number of hydrogen-bond donors (Lipinski definition) is 1. The number of unbranched alkanes of at least 4 members (excludes halogenated alkanes) is 1. The summed E-state index contributed by atoms with van der Waals surface area (Å²) in [6.45, 7) is 2.92. The van der Waals surface area contributed by atoms with Crippen molar-refractivity contribution in [3.63, 3.8) is 0 Å². The third-order valence-electron chi connectivity index (χ3n) is 2.82. The van der Waals surface area contributed by atoms with Gasteiger partial charge in [-0.3, -0.25) is 4.79 Å². The first-order valence-electron chi connectivity index (χ1n) is 5.63. The molecule has 1 amide bonds. The minimum Gasteiger partial charge on any atom is -0.356 e. The standard InChI is InChI=1S/C11H20ClNO/c1-2-3-4-11(14)13-8-9-5-6-10(12)7-9/h9-10H,2-8H2,1H3,(H,13,14). The van der Waals surface area contributed by atoms with E-state index in [2.05, 4.69) is 12.2 Å². The largest absolute Gasteiger partial charge is 0.356 e. The van der Waals surface area contributed by atoms with Gasteiger partial charge in [0.05, 0.1) is 0 Å². The van der Waals surface area contributed by atoms with Gasteiger partial charge in [-0.25, -0.2) is 0 Å². The number of nitrogens with one attached hydrogen (secondary N) is 1. The van der Waals surface area contributed by atoms with Gasteiger partial charge in [0.25, 0.3) is 0 Å². The first-order chi connectivity index (χ1) is 6.72. The SMILES string of the molecule is CCCCC(=O)NCC1CCC(Cl)C1.